The predicted octanol–water partition coefficient (Wildman–Crippen LogP) is 6.26. The molecule has 1 saturated heterocycles. The predicted molar refractivity (Wildman–Crippen MR) is 139 cm³/mol. The molecular formula is C26H24N6S2. The Balaban J connectivity index is 1.39. The largest absolute Gasteiger partial charge is 0.275 e. The summed E-state index contributed by atoms with van der Waals surface area (Å²) in [7, 11) is 0. The fourth-order valence-electron chi connectivity index (χ4n) is 4.64. The highest BCUT2D eigenvalue weighted by Crippen LogP contribution is 2.36. The normalized spacial score (nSPS) is 16.8. The molecule has 0 N–H and O–H groups in total. The van der Waals surface area contributed by atoms with Crippen LogP contribution in [-0.2, 0) is 6.67 Å². The number of aromatic nitrogens is 5. The highest BCUT2D eigenvalue weighted by Gasteiger charge is 2.28. The van der Waals surface area contributed by atoms with Gasteiger partial charge in [-0.05, 0) is 61.5 Å². The number of piperidine rings is 1. The molecule has 34 heavy (non-hydrogen) atoms. The summed E-state index contributed by atoms with van der Waals surface area (Å²) in [4.78, 5) is 11.8. The van der Waals surface area contributed by atoms with E-state index < -0.39 is 0 Å². The summed E-state index contributed by atoms with van der Waals surface area (Å²) < 4.78 is 5.92. The van der Waals surface area contributed by atoms with E-state index in [4.69, 9.17) is 22.3 Å². The van der Waals surface area contributed by atoms with Crippen LogP contribution in [0, 0.1) is 4.77 Å². The van der Waals surface area contributed by atoms with E-state index >= 15 is 0 Å². The molecule has 0 bridgehead atoms. The molecule has 2 aromatic carbocycles. The van der Waals surface area contributed by atoms with E-state index in [0.717, 1.165) is 35.6 Å². The topological polar surface area (TPSA) is 51.8 Å². The Bertz CT molecular complexity index is 1440. The first-order valence-corrected chi connectivity index (χ1v) is 12.8. The molecule has 1 aliphatic rings. The number of para-hydroxylation sites is 2. The first kappa shape index (κ1) is 21.3. The van der Waals surface area contributed by atoms with Crippen molar-refractivity contribution in [1.29, 1.82) is 0 Å². The molecule has 0 saturated carbocycles. The van der Waals surface area contributed by atoms with E-state index in [2.05, 4.69) is 46.3 Å². The highest BCUT2D eigenvalue weighted by molar-refractivity contribution is 7.71. The highest BCUT2D eigenvalue weighted by atomic mass is 32.1. The lowest BCUT2D eigenvalue weighted by Gasteiger charge is -2.34. The zero-order chi connectivity index (χ0) is 22.9. The van der Waals surface area contributed by atoms with Crippen LogP contribution in [-0.4, -0.2) is 35.8 Å². The maximum absolute atomic E-state index is 5.97. The van der Waals surface area contributed by atoms with Gasteiger partial charge in [-0.1, -0.05) is 36.8 Å². The van der Waals surface area contributed by atoms with Gasteiger partial charge in [-0.25, -0.2) is 9.67 Å². The maximum atomic E-state index is 5.97. The van der Waals surface area contributed by atoms with Gasteiger partial charge in [-0.3, -0.25) is 14.5 Å². The molecular weight excluding hydrogens is 460 g/mol. The lowest BCUT2D eigenvalue weighted by molar-refractivity contribution is 0.103. The van der Waals surface area contributed by atoms with Gasteiger partial charge in [0.25, 0.3) is 0 Å². The second-order valence-electron chi connectivity index (χ2n) is 8.50. The van der Waals surface area contributed by atoms with Crippen molar-refractivity contribution < 1.29 is 0 Å². The maximum Gasteiger partial charge on any atom is 0.204 e. The Morgan fingerprint density at radius 1 is 0.971 bits per heavy atom. The molecule has 6 nitrogen and oxygen atoms in total. The van der Waals surface area contributed by atoms with Crippen LogP contribution < -0.4 is 0 Å². The number of nitrogens with zero attached hydrogens (tertiary/aromatic N) is 6. The van der Waals surface area contributed by atoms with Crippen LogP contribution in [0.4, 0.5) is 0 Å². The van der Waals surface area contributed by atoms with E-state index in [1.165, 1.54) is 22.5 Å². The van der Waals surface area contributed by atoms with Crippen LogP contribution in [0.1, 0.15) is 30.3 Å². The summed E-state index contributed by atoms with van der Waals surface area (Å²) >= 11 is 7.78. The minimum atomic E-state index is 0.275. The zero-order valence-electron chi connectivity index (χ0n) is 18.6. The fourth-order valence-corrected chi connectivity index (χ4v) is 6.06. The third-order valence-electron chi connectivity index (χ3n) is 6.30. The van der Waals surface area contributed by atoms with E-state index in [0.29, 0.717) is 11.4 Å². The quantitative estimate of drug-likeness (QED) is 0.276. The van der Waals surface area contributed by atoms with Gasteiger partial charge in [0.2, 0.25) is 4.77 Å². The lowest BCUT2D eigenvalue weighted by Crippen LogP contribution is -2.35. The Morgan fingerprint density at radius 3 is 2.65 bits per heavy atom. The van der Waals surface area contributed by atoms with Crippen LogP contribution >= 0.6 is 23.6 Å². The first-order valence-electron chi connectivity index (χ1n) is 11.5. The van der Waals surface area contributed by atoms with Gasteiger partial charge in [0.15, 0.2) is 5.82 Å². The standard InChI is InChI=1S/C26H24N6S2/c33-26-31(29-24(19-9-8-15-27-17-19)32(26)20-10-2-1-3-11-20)18-30-16-7-6-13-22(30)25-28-21-12-4-5-14-23(21)34-25/h1-5,8-12,14-15,17,22H,6-7,13,16,18H2. The van der Waals surface area contributed by atoms with Gasteiger partial charge in [0, 0.05) is 30.2 Å². The average Bonchev–Trinajstić information content (AvgIpc) is 3.47. The van der Waals surface area contributed by atoms with E-state index in [1.54, 1.807) is 17.5 Å². The molecule has 8 heteroatoms. The van der Waals surface area contributed by atoms with Crippen LogP contribution in [0.2, 0.25) is 0 Å². The van der Waals surface area contributed by atoms with Crippen molar-refractivity contribution in [2.45, 2.75) is 32.0 Å². The summed E-state index contributed by atoms with van der Waals surface area (Å²) in [6, 6.07) is 22.8. The number of rotatable bonds is 5. The smallest absolute Gasteiger partial charge is 0.204 e. The minimum Gasteiger partial charge on any atom is -0.275 e. The van der Waals surface area contributed by atoms with Gasteiger partial charge in [-0.15, -0.1) is 16.4 Å². The fraction of sp³-hybridized carbons (Fsp3) is 0.231. The molecule has 0 radical (unpaired) electrons. The van der Waals surface area contributed by atoms with Gasteiger partial charge in [-0.2, -0.15) is 0 Å². The number of pyridine rings is 1. The molecule has 3 aromatic heterocycles. The van der Waals surface area contributed by atoms with Crippen molar-refractivity contribution in [2.75, 3.05) is 6.54 Å². The summed E-state index contributed by atoms with van der Waals surface area (Å²) in [5, 5.41) is 6.18. The number of thiazole rings is 1. The summed E-state index contributed by atoms with van der Waals surface area (Å²) in [5.41, 5.74) is 3.02. The van der Waals surface area contributed by atoms with Crippen molar-refractivity contribution in [3.8, 4) is 17.1 Å². The molecule has 0 amide bonds. The average molecular weight is 485 g/mol. The molecule has 6 rings (SSSR count). The van der Waals surface area contributed by atoms with Gasteiger partial charge >= 0.3 is 0 Å². The summed E-state index contributed by atoms with van der Waals surface area (Å²) in [5.74, 6) is 0.804. The molecule has 1 fully saturated rings. The minimum absolute atomic E-state index is 0.275. The molecule has 0 aliphatic carbocycles. The van der Waals surface area contributed by atoms with Gasteiger partial charge in [0.05, 0.1) is 22.9 Å². The Labute approximate surface area is 207 Å². The second-order valence-corrected chi connectivity index (χ2v) is 9.93. The summed E-state index contributed by atoms with van der Waals surface area (Å²) in [6.45, 7) is 1.63. The molecule has 1 unspecified atom stereocenters. The van der Waals surface area contributed by atoms with Gasteiger partial charge in [0.1, 0.15) is 5.01 Å². The monoisotopic (exact) mass is 484 g/mol. The molecule has 170 valence electrons. The molecule has 1 aliphatic heterocycles. The van der Waals surface area contributed by atoms with Crippen LogP contribution in [0.5, 0.6) is 0 Å². The number of likely N-dealkylation sites (tertiary alicyclic amines) is 1. The van der Waals surface area contributed by atoms with E-state index in [9.17, 15) is 0 Å². The van der Waals surface area contributed by atoms with Crippen molar-refractivity contribution in [1.82, 2.24) is 29.2 Å². The molecule has 1 atom stereocenters. The number of hydrogen-bond acceptors (Lipinski definition) is 6. The number of benzene rings is 2. The Hall–Kier alpha value is -3.20. The van der Waals surface area contributed by atoms with Crippen molar-refractivity contribution in [2.24, 2.45) is 0 Å². The zero-order valence-corrected chi connectivity index (χ0v) is 20.3. The number of fused-ring (bicyclic) bond motifs is 1. The lowest BCUT2D eigenvalue weighted by atomic mass is 10.0. The van der Waals surface area contributed by atoms with Crippen LogP contribution in [0.3, 0.4) is 0 Å². The number of hydrogen-bond donors (Lipinski definition) is 0. The van der Waals surface area contributed by atoms with E-state index in [1.807, 2.05) is 45.8 Å². The summed E-state index contributed by atoms with van der Waals surface area (Å²) in [6.07, 6.45) is 7.09. The molecule has 5 aromatic rings. The Morgan fingerprint density at radius 2 is 1.82 bits per heavy atom. The Kier molecular flexibility index (Phi) is 5.78. The van der Waals surface area contributed by atoms with Gasteiger partial charge < -0.3 is 0 Å². The van der Waals surface area contributed by atoms with Crippen molar-refractivity contribution in [3.63, 3.8) is 0 Å². The third-order valence-corrected chi connectivity index (χ3v) is 7.83. The van der Waals surface area contributed by atoms with Crippen LogP contribution in [0.25, 0.3) is 27.3 Å². The first-order chi connectivity index (χ1) is 16.8. The molecule has 4 heterocycles. The van der Waals surface area contributed by atoms with Crippen molar-refractivity contribution >= 4 is 33.8 Å². The van der Waals surface area contributed by atoms with Crippen molar-refractivity contribution in [3.05, 3.63) is 88.9 Å². The third kappa shape index (κ3) is 3.98. The molecule has 0 spiro atoms. The SMILES string of the molecule is S=c1n(CN2CCCCC2c2nc3ccccc3s2)nc(-c2cccnc2)n1-c1ccccc1. The second kappa shape index (κ2) is 9.21. The van der Waals surface area contributed by atoms with Crippen LogP contribution in [0.15, 0.2) is 79.1 Å². The van der Waals surface area contributed by atoms with E-state index in [-0.39, 0.29) is 6.04 Å².